The van der Waals surface area contributed by atoms with E-state index < -0.39 is 0 Å². The van der Waals surface area contributed by atoms with Crippen molar-refractivity contribution in [1.29, 1.82) is 0 Å². The number of nitrogens with two attached hydrogens (primary N) is 1. The van der Waals surface area contributed by atoms with Crippen LogP contribution < -0.4 is 16.5 Å². The normalized spacial score (nSPS) is 27.3. The Hall–Kier alpha value is -2.01. The molecule has 4 heterocycles. The Labute approximate surface area is 227 Å². The highest BCUT2D eigenvalue weighted by atomic mass is 15.5. The van der Waals surface area contributed by atoms with Crippen molar-refractivity contribution in [3.8, 4) is 0 Å². The molecule has 2 saturated heterocycles. The van der Waals surface area contributed by atoms with Crippen LogP contribution in [0.3, 0.4) is 0 Å². The van der Waals surface area contributed by atoms with E-state index in [1.54, 1.807) is 0 Å². The van der Waals surface area contributed by atoms with Crippen molar-refractivity contribution in [2.24, 2.45) is 11.7 Å². The molecule has 0 radical (unpaired) electrons. The maximum atomic E-state index is 6.15. The second-order valence-electron chi connectivity index (χ2n) is 12.4. The molecule has 2 saturated carbocycles. The number of piperazine rings is 1. The summed E-state index contributed by atoms with van der Waals surface area (Å²) in [7, 11) is 2.23. The van der Waals surface area contributed by atoms with E-state index in [-0.39, 0.29) is 0 Å². The molecule has 38 heavy (non-hydrogen) atoms. The first-order valence-corrected chi connectivity index (χ1v) is 15.3. The van der Waals surface area contributed by atoms with Crippen LogP contribution >= 0.6 is 0 Å². The lowest BCUT2D eigenvalue weighted by Gasteiger charge is -2.35. The zero-order chi connectivity index (χ0) is 25.9. The standard InChI is InChI=1S/C28H48N10/c1-35-16-18-36(19-17-35)13-10-21-11-14-37(15-12-21)34-26-25-27(38(20-30-25)24-4-2-3-5-24)33-28(32-26)31-23-8-6-22(29)7-9-23/h20-24H,2-19,29H2,1H3,(H2,31,32,33,34). The number of likely N-dealkylation sites (N-methyl/N-ethyl adjacent to an activating group) is 1. The molecular formula is C28H48N10. The number of nitrogens with zero attached hydrogens (tertiary/aromatic N) is 7. The maximum absolute atomic E-state index is 6.15. The van der Waals surface area contributed by atoms with Gasteiger partial charge in [-0.15, -0.1) is 0 Å². The van der Waals surface area contributed by atoms with Gasteiger partial charge in [0.15, 0.2) is 17.0 Å². The van der Waals surface area contributed by atoms with Crippen molar-refractivity contribution in [3.63, 3.8) is 0 Å². The molecule has 0 amide bonds. The summed E-state index contributed by atoms with van der Waals surface area (Å²) in [5.74, 6) is 2.38. The van der Waals surface area contributed by atoms with Crippen molar-refractivity contribution in [2.75, 3.05) is 63.6 Å². The molecular weight excluding hydrogens is 476 g/mol. The first-order valence-electron chi connectivity index (χ1n) is 15.3. The van der Waals surface area contributed by atoms with E-state index in [1.807, 2.05) is 6.33 Å². The van der Waals surface area contributed by atoms with Crippen molar-refractivity contribution in [1.82, 2.24) is 34.3 Å². The third-order valence-electron chi connectivity index (χ3n) is 9.57. The Morgan fingerprint density at radius 3 is 2.37 bits per heavy atom. The number of hydrazine groups is 1. The lowest BCUT2D eigenvalue weighted by Crippen LogP contribution is -2.45. The van der Waals surface area contributed by atoms with Crippen LogP contribution in [0.25, 0.3) is 11.2 Å². The molecule has 210 valence electrons. The zero-order valence-electron chi connectivity index (χ0n) is 23.3. The highest BCUT2D eigenvalue weighted by molar-refractivity contribution is 5.84. The number of piperidine rings is 1. The predicted octanol–water partition coefficient (Wildman–Crippen LogP) is 3.30. The number of aromatic nitrogens is 4. The molecule has 6 rings (SSSR count). The fourth-order valence-corrected chi connectivity index (χ4v) is 6.87. The van der Waals surface area contributed by atoms with Crippen LogP contribution in [-0.4, -0.2) is 99.3 Å². The maximum Gasteiger partial charge on any atom is 0.227 e. The predicted molar refractivity (Wildman–Crippen MR) is 153 cm³/mol. The summed E-state index contributed by atoms with van der Waals surface area (Å²) < 4.78 is 2.31. The van der Waals surface area contributed by atoms with Gasteiger partial charge in [0.25, 0.3) is 0 Å². The summed E-state index contributed by atoms with van der Waals surface area (Å²) in [5, 5.41) is 6.00. The SMILES string of the molecule is CN1CCN(CCC2CCN(Nc3nc(NC4CCC(N)CC4)nc4c3ncn4C3CCCC3)CC2)CC1. The molecule has 4 aliphatic rings. The van der Waals surface area contributed by atoms with E-state index in [4.69, 9.17) is 20.7 Å². The van der Waals surface area contributed by atoms with E-state index in [1.165, 1.54) is 77.7 Å². The minimum absolute atomic E-state index is 0.335. The zero-order valence-corrected chi connectivity index (χ0v) is 23.3. The molecule has 0 unspecified atom stereocenters. The van der Waals surface area contributed by atoms with Crippen molar-refractivity contribution >= 4 is 22.9 Å². The van der Waals surface area contributed by atoms with Crippen LogP contribution in [0.2, 0.25) is 0 Å². The van der Waals surface area contributed by atoms with E-state index >= 15 is 0 Å². The third-order valence-corrected chi connectivity index (χ3v) is 9.57. The molecule has 0 atom stereocenters. The summed E-state index contributed by atoms with van der Waals surface area (Å²) >= 11 is 0. The van der Waals surface area contributed by atoms with Gasteiger partial charge in [0, 0.05) is 57.4 Å². The Kier molecular flexibility index (Phi) is 8.30. The van der Waals surface area contributed by atoms with Crippen LogP contribution in [0, 0.1) is 5.92 Å². The van der Waals surface area contributed by atoms with E-state index in [2.05, 4.69) is 37.2 Å². The van der Waals surface area contributed by atoms with Gasteiger partial charge in [0.2, 0.25) is 5.95 Å². The molecule has 0 spiro atoms. The first-order chi connectivity index (χ1) is 18.6. The van der Waals surface area contributed by atoms with Gasteiger partial charge in [-0.3, -0.25) is 0 Å². The second kappa shape index (κ2) is 12.0. The number of hydrogen-bond acceptors (Lipinski definition) is 9. The van der Waals surface area contributed by atoms with Crippen LogP contribution in [0.15, 0.2) is 6.33 Å². The number of anilines is 2. The van der Waals surface area contributed by atoms with Gasteiger partial charge in [0.05, 0.1) is 6.33 Å². The Morgan fingerprint density at radius 2 is 1.63 bits per heavy atom. The molecule has 10 nitrogen and oxygen atoms in total. The van der Waals surface area contributed by atoms with E-state index in [0.717, 1.165) is 67.6 Å². The van der Waals surface area contributed by atoms with Gasteiger partial charge in [0.1, 0.15) is 0 Å². The van der Waals surface area contributed by atoms with E-state index in [0.29, 0.717) is 18.1 Å². The number of fused-ring (bicyclic) bond motifs is 1. The highest BCUT2D eigenvalue weighted by Crippen LogP contribution is 2.34. The quantitative estimate of drug-likeness (QED) is 0.480. The molecule has 2 aliphatic carbocycles. The molecule has 10 heteroatoms. The third kappa shape index (κ3) is 6.24. The fraction of sp³-hybridized carbons (Fsp3) is 0.821. The first kappa shape index (κ1) is 26.2. The van der Waals surface area contributed by atoms with Gasteiger partial charge in [-0.2, -0.15) is 9.97 Å². The lowest BCUT2D eigenvalue weighted by molar-refractivity contribution is 0.135. The summed E-state index contributed by atoms with van der Waals surface area (Å²) in [6.45, 7) is 8.19. The van der Waals surface area contributed by atoms with Crippen LogP contribution in [0.5, 0.6) is 0 Å². The summed E-state index contributed by atoms with van der Waals surface area (Å²) in [6.07, 6.45) is 15.1. The summed E-state index contributed by atoms with van der Waals surface area (Å²) in [5.41, 5.74) is 11.7. The monoisotopic (exact) mass is 524 g/mol. The topological polar surface area (TPSA) is 103 Å². The summed E-state index contributed by atoms with van der Waals surface area (Å²) in [6, 6.07) is 1.22. The van der Waals surface area contributed by atoms with Gasteiger partial charge in [-0.05, 0) is 77.3 Å². The molecule has 4 fully saturated rings. The summed E-state index contributed by atoms with van der Waals surface area (Å²) in [4.78, 5) is 19.9. The molecule has 2 aromatic heterocycles. The fourth-order valence-electron chi connectivity index (χ4n) is 6.87. The van der Waals surface area contributed by atoms with Crippen LogP contribution in [-0.2, 0) is 0 Å². The minimum atomic E-state index is 0.335. The minimum Gasteiger partial charge on any atom is -0.351 e. The van der Waals surface area contributed by atoms with Gasteiger partial charge in [-0.1, -0.05) is 12.8 Å². The molecule has 2 aliphatic heterocycles. The smallest absolute Gasteiger partial charge is 0.227 e. The lowest BCUT2D eigenvalue weighted by atomic mass is 9.92. The largest absolute Gasteiger partial charge is 0.351 e. The number of imidazole rings is 1. The van der Waals surface area contributed by atoms with E-state index in [9.17, 15) is 0 Å². The Balaban J connectivity index is 1.11. The van der Waals surface area contributed by atoms with Crippen molar-refractivity contribution < 1.29 is 0 Å². The number of hydrogen-bond donors (Lipinski definition) is 3. The molecule has 0 bridgehead atoms. The molecule has 4 N–H and O–H groups in total. The average Bonchev–Trinajstić information content (AvgIpc) is 3.61. The highest BCUT2D eigenvalue weighted by Gasteiger charge is 2.26. The molecule has 0 aromatic carbocycles. The van der Waals surface area contributed by atoms with Gasteiger partial charge in [-0.25, -0.2) is 9.99 Å². The average molecular weight is 525 g/mol. The second-order valence-corrected chi connectivity index (χ2v) is 12.4. The van der Waals surface area contributed by atoms with Crippen LogP contribution in [0.4, 0.5) is 11.8 Å². The van der Waals surface area contributed by atoms with Gasteiger partial charge >= 0.3 is 0 Å². The van der Waals surface area contributed by atoms with Crippen molar-refractivity contribution in [3.05, 3.63) is 6.33 Å². The Bertz CT molecular complexity index is 1030. The number of nitrogens with one attached hydrogen (secondary N) is 2. The number of rotatable bonds is 8. The Morgan fingerprint density at radius 1 is 0.895 bits per heavy atom. The van der Waals surface area contributed by atoms with Gasteiger partial charge < -0.3 is 30.8 Å². The van der Waals surface area contributed by atoms with Crippen molar-refractivity contribution in [2.45, 2.75) is 88.8 Å². The van der Waals surface area contributed by atoms with Crippen LogP contribution in [0.1, 0.15) is 76.7 Å². The molecule has 2 aromatic rings.